The molecule has 1 aromatic rings. The summed E-state index contributed by atoms with van der Waals surface area (Å²) in [6.07, 6.45) is 0.657. The molecule has 0 aromatic heterocycles. The number of benzene rings is 1. The number of carbonyl (C=O) groups is 2. The molecular formula is C19H24ClFN2O6. The van der Waals surface area contributed by atoms with Crippen molar-refractivity contribution in [2.45, 2.75) is 31.5 Å². The molecule has 0 saturated carbocycles. The predicted octanol–water partition coefficient (Wildman–Crippen LogP) is 2.12. The Morgan fingerprint density at radius 2 is 2.14 bits per heavy atom. The molecule has 2 amide bonds. The Balaban J connectivity index is 1.60. The summed E-state index contributed by atoms with van der Waals surface area (Å²) in [5.74, 6) is -1.20. The van der Waals surface area contributed by atoms with Crippen LogP contribution in [0.5, 0.6) is 5.75 Å². The first-order valence-electron chi connectivity index (χ1n) is 9.03. The Morgan fingerprint density at radius 1 is 1.34 bits per heavy atom. The lowest BCUT2D eigenvalue weighted by Crippen LogP contribution is -2.42. The number of ether oxygens (including phenoxy) is 2. The number of halogens is 2. The molecule has 0 bridgehead atoms. The average molecular weight is 431 g/mol. The van der Waals surface area contributed by atoms with Crippen molar-refractivity contribution >= 4 is 23.4 Å². The maximum absolute atomic E-state index is 13.3. The summed E-state index contributed by atoms with van der Waals surface area (Å²) in [7, 11) is 1.57. The zero-order valence-electron chi connectivity index (χ0n) is 16.0. The largest absolute Gasteiger partial charge is 0.484 e. The van der Waals surface area contributed by atoms with Gasteiger partial charge in [0.15, 0.2) is 12.7 Å². The second kappa shape index (κ2) is 11.7. The predicted molar refractivity (Wildman–Crippen MR) is 103 cm³/mol. The summed E-state index contributed by atoms with van der Waals surface area (Å²) in [6, 6.07) is 3.89. The highest BCUT2D eigenvalue weighted by atomic mass is 35.5. The van der Waals surface area contributed by atoms with E-state index in [2.05, 4.69) is 17.2 Å². The van der Waals surface area contributed by atoms with E-state index in [1.54, 1.807) is 7.11 Å². The van der Waals surface area contributed by atoms with Crippen LogP contribution in [0.15, 0.2) is 30.5 Å². The zero-order chi connectivity index (χ0) is 21.2. The summed E-state index contributed by atoms with van der Waals surface area (Å²) in [6.45, 7) is 4.09. The summed E-state index contributed by atoms with van der Waals surface area (Å²) < 4.78 is 23.5. The molecule has 0 aliphatic carbocycles. The standard InChI is InChI=1S/C19H24ClFN2O6/c1-12(23-18(24)11-27-13-3-5-15(20)16(21)9-13)7-8-22-19(25)17-6-4-14(10-26-2)28-29-17/h3,5,9,14,17H,1,4,6-8,10-11H2,2H3,(H,22,25)(H,23,24). The first kappa shape index (κ1) is 23.1. The topological polar surface area (TPSA) is 95.1 Å². The minimum absolute atomic E-state index is 0.0304. The van der Waals surface area contributed by atoms with E-state index in [-0.39, 0.29) is 35.9 Å². The molecule has 1 fully saturated rings. The Labute approximate surface area is 173 Å². The number of hydrogen-bond donors (Lipinski definition) is 2. The van der Waals surface area contributed by atoms with Gasteiger partial charge in [-0.3, -0.25) is 9.59 Å². The van der Waals surface area contributed by atoms with Crippen molar-refractivity contribution in [2.24, 2.45) is 0 Å². The quantitative estimate of drug-likeness (QED) is 0.552. The molecule has 8 nitrogen and oxygen atoms in total. The van der Waals surface area contributed by atoms with E-state index in [4.69, 9.17) is 30.8 Å². The van der Waals surface area contributed by atoms with Gasteiger partial charge in [0.1, 0.15) is 17.7 Å². The van der Waals surface area contributed by atoms with Gasteiger partial charge in [-0.15, -0.1) is 0 Å². The third-order valence-electron chi connectivity index (χ3n) is 4.01. The summed E-state index contributed by atoms with van der Waals surface area (Å²) in [4.78, 5) is 34.1. The average Bonchev–Trinajstić information content (AvgIpc) is 2.69. The third-order valence-corrected chi connectivity index (χ3v) is 4.31. The van der Waals surface area contributed by atoms with Crippen LogP contribution in [0.25, 0.3) is 0 Å². The highest BCUT2D eigenvalue weighted by Crippen LogP contribution is 2.20. The van der Waals surface area contributed by atoms with E-state index in [9.17, 15) is 14.0 Å². The van der Waals surface area contributed by atoms with Crippen LogP contribution in [-0.2, 0) is 24.1 Å². The Kier molecular flexibility index (Phi) is 9.33. The van der Waals surface area contributed by atoms with Crippen LogP contribution in [0, 0.1) is 5.82 Å². The van der Waals surface area contributed by atoms with Gasteiger partial charge in [-0.05, 0) is 25.0 Å². The molecule has 1 heterocycles. The van der Waals surface area contributed by atoms with Gasteiger partial charge in [0.2, 0.25) is 0 Å². The monoisotopic (exact) mass is 430 g/mol. The fraction of sp³-hybridized carbons (Fsp3) is 0.474. The molecule has 1 aliphatic heterocycles. The number of hydrogen-bond acceptors (Lipinski definition) is 6. The lowest BCUT2D eigenvalue weighted by atomic mass is 10.1. The lowest BCUT2D eigenvalue weighted by Gasteiger charge is -2.26. The van der Waals surface area contributed by atoms with E-state index in [1.165, 1.54) is 12.1 Å². The Hall–Kier alpha value is -2.20. The van der Waals surface area contributed by atoms with Gasteiger partial charge in [0.05, 0.1) is 11.6 Å². The zero-order valence-corrected chi connectivity index (χ0v) is 16.8. The number of nitrogens with one attached hydrogen (secondary N) is 2. The van der Waals surface area contributed by atoms with E-state index in [1.807, 2.05) is 0 Å². The maximum atomic E-state index is 13.3. The van der Waals surface area contributed by atoms with E-state index in [0.717, 1.165) is 6.07 Å². The molecule has 10 heteroatoms. The van der Waals surface area contributed by atoms with Crippen LogP contribution in [0.3, 0.4) is 0 Å². The van der Waals surface area contributed by atoms with Crippen molar-refractivity contribution in [1.82, 2.24) is 10.6 Å². The minimum Gasteiger partial charge on any atom is -0.484 e. The minimum atomic E-state index is -0.681. The molecular weight excluding hydrogens is 407 g/mol. The molecule has 160 valence electrons. The van der Waals surface area contributed by atoms with Crippen molar-refractivity contribution in [3.05, 3.63) is 41.3 Å². The molecule has 1 saturated heterocycles. The normalized spacial score (nSPS) is 18.7. The lowest BCUT2D eigenvalue weighted by molar-refractivity contribution is -0.369. The number of rotatable bonds is 10. The van der Waals surface area contributed by atoms with Crippen molar-refractivity contribution < 1.29 is 33.2 Å². The smallest absolute Gasteiger partial charge is 0.262 e. The van der Waals surface area contributed by atoms with Gasteiger partial charge >= 0.3 is 0 Å². The first-order chi connectivity index (χ1) is 13.9. The van der Waals surface area contributed by atoms with Crippen LogP contribution in [-0.4, -0.2) is 50.9 Å². The highest BCUT2D eigenvalue weighted by Gasteiger charge is 2.28. The van der Waals surface area contributed by atoms with Crippen molar-refractivity contribution in [2.75, 3.05) is 26.9 Å². The molecule has 0 spiro atoms. The highest BCUT2D eigenvalue weighted by molar-refractivity contribution is 6.30. The van der Waals surface area contributed by atoms with Gasteiger partial charge in [0.25, 0.3) is 11.8 Å². The third kappa shape index (κ3) is 7.98. The van der Waals surface area contributed by atoms with Crippen molar-refractivity contribution in [1.29, 1.82) is 0 Å². The number of amides is 2. The van der Waals surface area contributed by atoms with Crippen LogP contribution < -0.4 is 15.4 Å². The van der Waals surface area contributed by atoms with Gasteiger partial charge in [-0.25, -0.2) is 14.2 Å². The summed E-state index contributed by atoms with van der Waals surface area (Å²) >= 11 is 5.58. The van der Waals surface area contributed by atoms with Crippen molar-refractivity contribution in [3.8, 4) is 5.75 Å². The number of methoxy groups -OCH3 is 1. The van der Waals surface area contributed by atoms with Crippen LogP contribution in [0.4, 0.5) is 4.39 Å². The second-order valence-corrected chi connectivity index (χ2v) is 6.80. The molecule has 2 rings (SSSR count). The molecule has 29 heavy (non-hydrogen) atoms. The van der Waals surface area contributed by atoms with Gasteiger partial charge in [-0.1, -0.05) is 18.2 Å². The number of carbonyl (C=O) groups excluding carboxylic acids is 2. The molecule has 2 unspecified atom stereocenters. The van der Waals surface area contributed by atoms with Crippen molar-refractivity contribution in [3.63, 3.8) is 0 Å². The van der Waals surface area contributed by atoms with Gasteiger partial charge in [0, 0.05) is 31.8 Å². The SMILES string of the molecule is C=C(CCNC(=O)C1CCC(COC)OO1)NC(=O)COc1ccc(Cl)c(F)c1. The summed E-state index contributed by atoms with van der Waals surface area (Å²) in [5.41, 5.74) is 0.405. The second-order valence-electron chi connectivity index (χ2n) is 6.39. The Bertz CT molecular complexity index is 725. The summed E-state index contributed by atoms with van der Waals surface area (Å²) in [5, 5.41) is 5.22. The maximum Gasteiger partial charge on any atom is 0.262 e. The molecule has 1 aliphatic rings. The van der Waals surface area contributed by atoms with Crippen LogP contribution in [0.1, 0.15) is 19.3 Å². The molecule has 2 N–H and O–H groups in total. The molecule has 1 aromatic carbocycles. The molecule has 0 radical (unpaired) electrons. The fourth-order valence-electron chi connectivity index (χ4n) is 2.51. The molecule has 2 atom stereocenters. The van der Waals surface area contributed by atoms with Gasteiger partial charge < -0.3 is 20.1 Å². The van der Waals surface area contributed by atoms with E-state index >= 15 is 0 Å². The van der Waals surface area contributed by atoms with E-state index < -0.39 is 17.8 Å². The van der Waals surface area contributed by atoms with Crippen LogP contribution in [0.2, 0.25) is 5.02 Å². The van der Waals surface area contributed by atoms with E-state index in [0.29, 0.717) is 31.6 Å². The Morgan fingerprint density at radius 3 is 2.79 bits per heavy atom. The first-order valence-corrected chi connectivity index (χ1v) is 9.41. The fourth-order valence-corrected chi connectivity index (χ4v) is 2.63. The van der Waals surface area contributed by atoms with Crippen LogP contribution >= 0.6 is 11.6 Å². The van der Waals surface area contributed by atoms with Gasteiger partial charge in [-0.2, -0.15) is 0 Å².